The van der Waals surface area contributed by atoms with Gasteiger partial charge >= 0.3 is 6.18 Å². The Balaban J connectivity index is 3.17. The van der Waals surface area contributed by atoms with Gasteiger partial charge in [-0.25, -0.2) is 0 Å². The molecule has 0 aliphatic carbocycles. The molecule has 0 amide bonds. The molecule has 1 nitrogen and oxygen atoms in total. The van der Waals surface area contributed by atoms with Gasteiger partial charge in [-0.1, -0.05) is 23.2 Å². The smallest absolute Gasteiger partial charge is 0.197 e. The van der Waals surface area contributed by atoms with Crippen LogP contribution in [0.15, 0.2) is 12.1 Å². The number of halogens is 6. The maximum atomic E-state index is 12.4. The first-order chi connectivity index (χ1) is 7.75. The molecule has 1 aromatic rings. The summed E-state index contributed by atoms with van der Waals surface area (Å²) in [7, 11) is 0. The topological polar surface area (TPSA) is 23.8 Å². The van der Waals surface area contributed by atoms with E-state index in [-0.39, 0.29) is 22.0 Å². The van der Waals surface area contributed by atoms with Crippen molar-refractivity contribution in [3.63, 3.8) is 0 Å². The van der Waals surface area contributed by atoms with E-state index < -0.39 is 17.1 Å². The molecule has 1 aromatic carbocycles. The lowest BCUT2D eigenvalue weighted by atomic mass is 10.1. The number of rotatable bonds is 2. The molecule has 0 aliphatic rings. The van der Waals surface area contributed by atoms with Gasteiger partial charge in [0.2, 0.25) is 0 Å². The first kappa shape index (κ1) is 14.4. The molecule has 1 rings (SSSR count). The largest absolute Gasteiger partial charge is 0.416 e. The first-order valence-electron chi connectivity index (χ1n) is 4.34. The molecule has 0 radical (unpaired) electrons. The number of nitrogens with zero attached hydrogens (tertiary/aromatic N) is 1. The summed E-state index contributed by atoms with van der Waals surface area (Å²) in [5, 5.41) is 7.33. The quantitative estimate of drug-likeness (QED) is 0.727. The molecule has 1 atom stereocenters. The van der Waals surface area contributed by atoms with E-state index in [1.807, 2.05) is 0 Å². The van der Waals surface area contributed by atoms with Crippen molar-refractivity contribution in [2.24, 2.45) is 0 Å². The molecule has 0 heterocycles. The maximum absolute atomic E-state index is 12.4. The van der Waals surface area contributed by atoms with Crippen molar-refractivity contribution in [3.05, 3.63) is 33.3 Å². The molecule has 7 heteroatoms. The van der Waals surface area contributed by atoms with Gasteiger partial charge in [0.05, 0.1) is 11.6 Å². The Labute approximate surface area is 111 Å². The molecular weight excluding hydrogens is 297 g/mol. The number of alkyl halides is 4. The number of hydrogen-bond acceptors (Lipinski definition) is 1. The molecule has 92 valence electrons. The molecular formula is C10H5Cl3F3N. The Morgan fingerprint density at radius 2 is 1.71 bits per heavy atom. The van der Waals surface area contributed by atoms with E-state index in [4.69, 9.17) is 40.1 Å². The predicted molar refractivity (Wildman–Crippen MR) is 60.4 cm³/mol. The van der Waals surface area contributed by atoms with Crippen molar-refractivity contribution in [2.75, 3.05) is 0 Å². The second kappa shape index (κ2) is 5.34. The van der Waals surface area contributed by atoms with Crippen molar-refractivity contribution >= 4 is 34.8 Å². The van der Waals surface area contributed by atoms with Crippen LogP contribution in [0.1, 0.15) is 11.1 Å². The lowest BCUT2D eigenvalue weighted by Crippen LogP contribution is -2.07. The Bertz CT molecular complexity index is 442. The van der Waals surface area contributed by atoms with E-state index in [0.29, 0.717) is 0 Å². The highest BCUT2D eigenvalue weighted by molar-refractivity contribution is 6.36. The van der Waals surface area contributed by atoms with E-state index in [2.05, 4.69) is 0 Å². The van der Waals surface area contributed by atoms with Gasteiger partial charge in [-0.05, 0) is 17.7 Å². The van der Waals surface area contributed by atoms with Crippen LogP contribution in [0.4, 0.5) is 13.2 Å². The Morgan fingerprint density at radius 1 is 1.24 bits per heavy atom. The zero-order chi connectivity index (χ0) is 13.2. The highest BCUT2D eigenvalue weighted by Crippen LogP contribution is 2.36. The summed E-state index contributed by atoms with van der Waals surface area (Å²) in [5.74, 6) is 0. The van der Waals surface area contributed by atoms with Crippen LogP contribution >= 0.6 is 34.8 Å². The van der Waals surface area contributed by atoms with E-state index >= 15 is 0 Å². The Morgan fingerprint density at radius 3 is 2.06 bits per heavy atom. The van der Waals surface area contributed by atoms with E-state index in [1.54, 1.807) is 6.07 Å². The van der Waals surface area contributed by atoms with Crippen LogP contribution in [0.3, 0.4) is 0 Å². The second-order valence-electron chi connectivity index (χ2n) is 3.22. The van der Waals surface area contributed by atoms with Gasteiger partial charge in [0, 0.05) is 16.5 Å². The molecule has 0 bridgehead atoms. The molecule has 0 fully saturated rings. The van der Waals surface area contributed by atoms with Gasteiger partial charge in [-0.15, -0.1) is 11.6 Å². The van der Waals surface area contributed by atoms with Gasteiger partial charge in [-0.3, -0.25) is 0 Å². The van der Waals surface area contributed by atoms with Crippen molar-refractivity contribution in [3.8, 4) is 6.07 Å². The zero-order valence-corrected chi connectivity index (χ0v) is 10.4. The Kier molecular flexibility index (Phi) is 4.54. The number of benzene rings is 1. The van der Waals surface area contributed by atoms with Crippen molar-refractivity contribution in [1.29, 1.82) is 5.26 Å². The molecule has 0 aliphatic heterocycles. The monoisotopic (exact) mass is 301 g/mol. The van der Waals surface area contributed by atoms with Crippen molar-refractivity contribution < 1.29 is 13.2 Å². The Hall–Kier alpha value is -0.630. The fourth-order valence-corrected chi connectivity index (χ4v) is 1.98. The molecule has 17 heavy (non-hydrogen) atoms. The molecule has 0 saturated heterocycles. The van der Waals surface area contributed by atoms with E-state index in [1.165, 1.54) is 0 Å². The van der Waals surface area contributed by atoms with Gasteiger partial charge in [0.1, 0.15) is 5.38 Å². The van der Waals surface area contributed by atoms with Gasteiger partial charge < -0.3 is 0 Å². The summed E-state index contributed by atoms with van der Waals surface area (Å²) in [5.41, 5.74) is -0.692. The van der Waals surface area contributed by atoms with Crippen LogP contribution in [0.25, 0.3) is 0 Å². The maximum Gasteiger partial charge on any atom is 0.416 e. The highest BCUT2D eigenvalue weighted by atomic mass is 35.5. The first-order valence-corrected chi connectivity index (χ1v) is 5.53. The molecule has 0 spiro atoms. The van der Waals surface area contributed by atoms with Crippen LogP contribution in [-0.4, -0.2) is 5.38 Å². The van der Waals surface area contributed by atoms with Crippen LogP contribution < -0.4 is 0 Å². The minimum Gasteiger partial charge on any atom is -0.197 e. The lowest BCUT2D eigenvalue weighted by Gasteiger charge is -2.12. The van der Waals surface area contributed by atoms with Crippen molar-refractivity contribution in [1.82, 2.24) is 0 Å². The minimum atomic E-state index is -4.51. The summed E-state index contributed by atoms with van der Waals surface area (Å²) >= 11 is 17.0. The summed E-state index contributed by atoms with van der Waals surface area (Å²) < 4.78 is 37.2. The van der Waals surface area contributed by atoms with Gasteiger partial charge in [-0.2, -0.15) is 18.4 Å². The van der Waals surface area contributed by atoms with Gasteiger partial charge in [0.25, 0.3) is 0 Å². The summed E-state index contributed by atoms with van der Waals surface area (Å²) in [6.07, 6.45) is -4.52. The van der Waals surface area contributed by atoms with Crippen LogP contribution in [-0.2, 0) is 12.6 Å². The number of nitriles is 1. The molecule has 0 N–H and O–H groups in total. The minimum absolute atomic E-state index is 0.00609. The summed E-state index contributed by atoms with van der Waals surface area (Å²) in [6.45, 7) is 0. The normalized spacial score (nSPS) is 13.2. The van der Waals surface area contributed by atoms with Crippen molar-refractivity contribution in [2.45, 2.75) is 18.0 Å². The fraction of sp³-hybridized carbons (Fsp3) is 0.300. The number of hydrogen-bond donors (Lipinski definition) is 0. The fourth-order valence-electron chi connectivity index (χ4n) is 1.19. The molecule has 0 saturated carbocycles. The molecule has 0 aromatic heterocycles. The SMILES string of the molecule is N#C[C@@H](Cl)Cc1c(Cl)cc(C(F)(F)F)cc1Cl. The van der Waals surface area contributed by atoms with E-state index in [0.717, 1.165) is 12.1 Å². The third-order valence-electron chi connectivity index (χ3n) is 1.99. The predicted octanol–water partition coefficient (Wildman–Crippen LogP) is 4.69. The third kappa shape index (κ3) is 3.67. The highest BCUT2D eigenvalue weighted by Gasteiger charge is 2.32. The average molecular weight is 303 g/mol. The van der Waals surface area contributed by atoms with Gasteiger partial charge in [0.15, 0.2) is 0 Å². The summed E-state index contributed by atoms with van der Waals surface area (Å²) in [6, 6.07) is 3.27. The third-order valence-corrected chi connectivity index (χ3v) is 2.92. The second-order valence-corrected chi connectivity index (χ2v) is 4.56. The lowest BCUT2D eigenvalue weighted by molar-refractivity contribution is -0.137. The van der Waals surface area contributed by atoms with E-state index in [9.17, 15) is 13.2 Å². The summed E-state index contributed by atoms with van der Waals surface area (Å²) in [4.78, 5) is 0. The average Bonchev–Trinajstić information content (AvgIpc) is 2.21. The van der Waals surface area contributed by atoms with Crippen LogP contribution in [0, 0.1) is 11.3 Å². The van der Waals surface area contributed by atoms with Crippen LogP contribution in [0.2, 0.25) is 10.0 Å². The zero-order valence-electron chi connectivity index (χ0n) is 8.15. The molecule has 0 unspecified atom stereocenters. The van der Waals surface area contributed by atoms with Crippen LogP contribution in [0.5, 0.6) is 0 Å². The standard InChI is InChI=1S/C10H5Cl3F3N/c11-6(4-17)3-7-8(12)1-5(2-9(7)13)10(14,15)16/h1-2,6H,3H2/t6-/m0/s1.